The van der Waals surface area contributed by atoms with Crippen molar-refractivity contribution in [2.75, 3.05) is 6.61 Å². The highest BCUT2D eigenvalue weighted by Crippen LogP contribution is 2.36. The number of hydrogen-bond donors (Lipinski definition) is 2. The molecule has 39 heavy (non-hydrogen) atoms. The number of carboxylic acids is 1. The molecular formula is C34H49NO4. The van der Waals surface area contributed by atoms with Crippen LogP contribution in [0.15, 0.2) is 42.5 Å². The summed E-state index contributed by atoms with van der Waals surface area (Å²) >= 11 is 0. The van der Waals surface area contributed by atoms with E-state index in [1.807, 2.05) is 18.2 Å². The average molecular weight is 536 g/mol. The summed E-state index contributed by atoms with van der Waals surface area (Å²) in [5, 5.41) is 13.5. The molecule has 214 valence electrons. The zero-order valence-electron chi connectivity index (χ0n) is 24.3. The molecule has 2 aliphatic carbocycles. The predicted molar refractivity (Wildman–Crippen MR) is 159 cm³/mol. The second-order valence-corrected chi connectivity index (χ2v) is 12.6. The minimum atomic E-state index is -0.963. The van der Waals surface area contributed by atoms with Gasteiger partial charge in [-0.15, -0.1) is 0 Å². The molecule has 0 spiro atoms. The van der Waals surface area contributed by atoms with Crippen molar-refractivity contribution in [3.05, 3.63) is 53.6 Å². The molecule has 2 saturated carbocycles. The lowest BCUT2D eigenvalue weighted by Crippen LogP contribution is -2.40. The van der Waals surface area contributed by atoms with Crippen molar-refractivity contribution >= 4 is 5.97 Å². The highest BCUT2D eigenvalue weighted by atomic mass is 16.7. The van der Waals surface area contributed by atoms with Gasteiger partial charge in [0.05, 0.1) is 12.2 Å². The summed E-state index contributed by atoms with van der Waals surface area (Å²) < 4.78 is 11.7. The summed E-state index contributed by atoms with van der Waals surface area (Å²) in [6, 6.07) is 14.9. The summed E-state index contributed by atoms with van der Waals surface area (Å²) in [6.07, 6.45) is 17.2. The van der Waals surface area contributed by atoms with Gasteiger partial charge in [-0.3, -0.25) is 0 Å². The van der Waals surface area contributed by atoms with E-state index >= 15 is 0 Å². The first-order valence-corrected chi connectivity index (χ1v) is 15.3. The Hall–Kier alpha value is -2.37. The number of aromatic carboxylic acids is 1. The molecule has 0 aromatic heterocycles. The maximum absolute atomic E-state index is 11.8. The number of nitrogens with one attached hydrogen (secondary N) is 1. The smallest absolute Gasteiger partial charge is 0.336 e. The van der Waals surface area contributed by atoms with Crippen LogP contribution in [0.4, 0.5) is 0 Å². The lowest BCUT2D eigenvalue weighted by atomic mass is 9.86. The molecule has 5 nitrogen and oxygen atoms in total. The molecule has 2 aromatic rings. The predicted octanol–water partition coefficient (Wildman–Crippen LogP) is 8.50. The maximum atomic E-state index is 11.8. The first-order chi connectivity index (χ1) is 18.8. The van der Waals surface area contributed by atoms with Gasteiger partial charge in [0.1, 0.15) is 5.75 Å². The minimum Gasteiger partial charge on any atom is -0.478 e. The van der Waals surface area contributed by atoms with Crippen LogP contribution in [0.25, 0.3) is 11.1 Å². The summed E-state index contributed by atoms with van der Waals surface area (Å²) in [5.41, 5.74) is 2.92. The molecule has 2 aromatic carbocycles. The molecule has 1 saturated heterocycles. The Morgan fingerprint density at radius 3 is 1.92 bits per heavy atom. The highest BCUT2D eigenvalue weighted by Gasteiger charge is 2.23. The van der Waals surface area contributed by atoms with E-state index < -0.39 is 5.97 Å². The van der Waals surface area contributed by atoms with Gasteiger partial charge in [0, 0.05) is 24.1 Å². The Morgan fingerprint density at radius 2 is 1.41 bits per heavy atom. The maximum Gasteiger partial charge on any atom is 0.336 e. The normalized spacial score (nSPS) is 21.1. The third kappa shape index (κ3) is 8.81. The monoisotopic (exact) mass is 535 g/mol. The van der Waals surface area contributed by atoms with Gasteiger partial charge in [-0.05, 0) is 67.2 Å². The van der Waals surface area contributed by atoms with Crippen LogP contribution in [0.3, 0.4) is 0 Å². The van der Waals surface area contributed by atoms with Crippen molar-refractivity contribution in [2.45, 2.75) is 128 Å². The van der Waals surface area contributed by atoms with E-state index in [1.165, 1.54) is 69.8 Å². The van der Waals surface area contributed by atoms with Crippen LogP contribution in [0.5, 0.6) is 5.75 Å². The lowest BCUT2D eigenvalue weighted by Gasteiger charge is -2.30. The van der Waals surface area contributed by atoms with E-state index in [0.29, 0.717) is 17.9 Å². The number of carboxylic acid groups (broad SMARTS) is 1. The Bertz CT molecular complexity index is 1010. The minimum absolute atomic E-state index is 0.0418. The van der Waals surface area contributed by atoms with Crippen molar-refractivity contribution in [3.63, 3.8) is 0 Å². The largest absolute Gasteiger partial charge is 0.478 e. The molecule has 5 rings (SSSR count). The highest BCUT2D eigenvalue weighted by molar-refractivity contribution is 5.98. The Kier molecular flexibility index (Phi) is 10.9. The van der Waals surface area contributed by atoms with E-state index in [-0.39, 0.29) is 17.3 Å². The molecule has 2 N–H and O–H groups in total. The van der Waals surface area contributed by atoms with Crippen molar-refractivity contribution in [2.24, 2.45) is 0 Å². The fourth-order valence-corrected chi connectivity index (χ4v) is 6.06. The molecule has 1 atom stereocenters. The second-order valence-electron chi connectivity index (χ2n) is 12.6. The standard InChI is InChI=1S/C22H26O4.C12H23N/c1-22(2,3)16-12-10-15(11-13-16)20-17(21(23)24)7-6-8-18(20)26-19-9-4-5-14-25-19;1-3-7-11(8-4-1)13-12-9-5-2-6-10-12/h6-8,10-13,19H,4-5,9,14H2,1-3H3,(H,23,24);11-13H,1-10H2. The third-order valence-corrected chi connectivity index (χ3v) is 8.37. The van der Waals surface area contributed by atoms with Crippen LogP contribution in [0.2, 0.25) is 0 Å². The zero-order chi connectivity index (χ0) is 27.7. The molecule has 0 amide bonds. The van der Waals surface area contributed by atoms with E-state index in [4.69, 9.17) is 9.47 Å². The van der Waals surface area contributed by atoms with E-state index in [2.05, 4.69) is 38.2 Å². The molecule has 0 radical (unpaired) electrons. The first-order valence-electron chi connectivity index (χ1n) is 15.3. The number of rotatable bonds is 6. The SMILES string of the molecule is C1CCC(NC2CCCCC2)CC1.CC(C)(C)c1ccc(-c2c(OC3CCCCO3)cccc2C(=O)O)cc1. The van der Waals surface area contributed by atoms with Gasteiger partial charge in [-0.1, -0.05) is 89.6 Å². The number of benzene rings is 2. The van der Waals surface area contributed by atoms with Crippen LogP contribution in [0, 0.1) is 0 Å². The third-order valence-electron chi connectivity index (χ3n) is 8.37. The summed E-state index contributed by atoms with van der Waals surface area (Å²) in [6.45, 7) is 7.14. The van der Waals surface area contributed by atoms with Crippen LogP contribution in [-0.4, -0.2) is 36.1 Å². The van der Waals surface area contributed by atoms with E-state index in [9.17, 15) is 9.90 Å². The van der Waals surface area contributed by atoms with Crippen LogP contribution in [-0.2, 0) is 10.2 Å². The topological polar surface area (TPSA) is 67.8 Å². The Labute approximate surface area is 235 Å². The summed E-state index contributed by atoms with van der Waals surface area (Å²) in [7, 11) is 0. The molecule has 1 heterocycles. The summed E-state index contributed by atoms with van der Waals surface area (Å²) in [4.78, 5) is 11.8. The Morgan fingerprint density at radius 1 is 0.821 bits per heavy atom. The number of hydrogen-bond acceptors (Lipinski definition) is 4. The van der Waals surface area contributed by atoms with Gasteiger partial charge in [-0.2, -0.15) is 0 Å². The van der Waals surface area contributed by atoms with Crippen LogP contribution >= 0.6 is 0 Å². The number of ether oxygens (including phenoxy) is 2. The zero-order valence-corrected chi connectivity index (χ0v) is 24.3. The summed E-state index contributed by atoms with van der Waals surface area (Å²) in [5.74, 6) is -0.407. The molecule has 3 fully saturated rings. The van der Waals surface area contributed by atoms with Crippen LogP contribution < -0.4 is 10.1 Å². The molecule has 0 bridgehead atoms. The van der Waals surface area contributed by atoms with Crippen molar-refractivity contribution in [1.82, 2.24) is 5.32 Å². The fourth-order valence-electron chi connectivity index (χ4n) is 6.06. The second kappa shape index (κ2) is 14.3. The van der Waals surface area contributed by atoms with Crippen molar-refractivity contribution in [3.8, 4) is 16.9 Å². The van der Waals surface area contributed by atoms with Gasteiger partial charge < -0.3 is 19.9 Å². The van der Waals surface area contributed by atoms with Crippen LogP contribution in [0.1, 0.15) is 120 Å². The van der Waals surface area contributed by atoms with Gasteiger partial charge >= 0.3 is 5.97 Å². The van der Waals surface area contributed by atoms with Gasteiger partial charge in [-0.25, -0.2) is 4.79 Å². The van der Waals surface area contributed by atoms with E-state index in [1.54, 1.807) is 12.1 Å². The van der Waals surface area contributed by atoms with Gasteiger partial charge in [0.25, 0.3) is 0 Å². The molecule has 1 unspecified atom stereocenters. The number of carbonyl (C=O) groups is 1. The molecule has 5 heteroatoms. The van der Waals surface area contributed by atoms with E-state index in [0.717, 1.165) is 36.9 Å². The van der Waals surface area contributed by atoms with Gasteiger partial charge in [0.2, 0.25) is 0 Å². The lowest BCUT2D eigenvalue weighted by molar-refractivity contribution is -0.105. The van der Waals surface area contributed by atoms with Crippen molar-refractivity contribution in [1.29, 1.82) is 0 Å². The fraction of sp³-hybridized carbons (Fsp3) is 0.618. The molecule has 3 aliphatic rings. The average Bonchev–Trinajstić information content (AvgIpc) is 2.95. The quantitative estimate of drug-likeness (QED) is 0.388. The molecular weight excluding hydrogens is 486 g/mol. The molecule has 1 aliphatic heterocycles. The first kappa shape index (κ1) is 29.6. The Balaban J connectivity index is 0.000000226. The van der Waals surface area contributed by atoms with Crippen molar-refractivity contribution < 1.29 is 19.4 Å². The van der Waals surface area contributed by atoms with Gasteiger partial charge in [0.15, 0.2) is 6.29 Å².